The third-order valence-electron chi connectivity index (χ3n) is 2.76. The Kier molecular flexibility index (Phi) is 3.56. The van der Waals surface area contributed by atoms with Crippen molar-refractivity contribution in [1.29, 1.82) is 0 Å². The molecule has 1 unspecified atom stereocenters. The maximum atomic E-state index is 12.0. The van der Waals surface area contributed by atoms with E-state index in [0.29, 0.717) is 6.54 Å². The van der Waals surface area contributed by atoms with Gasteiger partial charge in [0.15, 0.2) is 0 Å². The van der Waals surface area contributed by atoms with E-state index in [1.807, 2.05) is 24.1 Å². The molecule has 1 aromatic heterocycles. The summed E-state index contributed by atoms with van der Waals surface area (Å²) in [5, 5.41) is 6.30. The molecule has 5 heteroatoms. The topological polar surface area (TPSA) is 45.2 Å². The predicted octanol–water partition coefficient (Wildman–Crippen LogP) is 1.16. The predicted molar refractivity (Wildman–Crippen MR) is 64.3 cm³/mol. The molecule has 0 saturated carbocycles. The Balaban J connectivity index is 2.04. The molecule has 1 atom stereocenters. The highest BCUT2D eigenvalue weighted by Gasteiger charge is 2.23. The van der Waals surface area contributed by atoms with Crippen LogP contribution in [0.5, 0.6) is 0 Å². The van der Waals surface area contributed by atoms with Crippen LogP contribution in [0.15, 0.2) is 5.38 Å². The molecule has 0 aromatic carbocycles. The van der Waals surface area contributed by atoms with Gasteiger partial charge in [-0.25, -0.2) is 4.98 Å². The van der Waals surface area contributed by atoms with E-state index in [-0.39, 0.29) is 11.9 Å². The molecule has 0 spiro atoms. The van der Waals surface area contributed by atoms with Crippen molar-refractivity contribution >= 4 is 17.2 Å². The molecule has 0 aliphatic carbocycles. The van der Waals surface area contributed by atoms with E-state index in [2.05, 4.69) is 10.3 Å². The summed E-state index contributed by atoms with van der Waals surface area (Å²) in [4.78, 5) is 18.3. The van der Waals surface area contributed by atoms with Crippen molar-refractivity contribution in [2.75, 3.05) is 13.1 Å². The first-order valence-electron chi connectivity index (χ1n) is 5.60. The lowest BCUT2D eigenvalue weighted by molar-refractivity contribution is -0.132. The average Bonchev–Trinajstić information content (AvgIpc) is 2.60. The van der Waals surface area contributed by atoms with Gasteiger partial charge in [-0.05, 0) is 26.8 Å². The Hall–Kier alpha value is -0.940. The number of nitrogens with zero attached hydrogens (tertiary/aromatic N) is 2. The quantitative estimate of drug-likeness (QED) is 0.842. The largest absolute Gasteiger partial charge is 0.335 e. The highest BCUT2D eigenvalue weighted by Crippen LogP contribution is 2.12. The van der Waals surface area contributed by atoms with Crippen LogP contribution < -0.4 is 5.32 Å². The van der Waals surface area contributed by atoms with Crippen molar-refractivity contribution in [1.82, 2.24) is 15.2 Å². The van der Waals surface area contributed by atoms with Gasteiger partial charge in [-0.15, -0.1) is 11.3 Å². The van der Waals surface area contributed by atoms with Crippen molar-refractivity contribution in [2.45, 2.75) is 32.9 Å². The Labute approximate surface area is 99.7 Å². The van der Waals surface area contributed by atoms with Crippen molar-refractivity contribution in [3.8, 4) is 0 Å². The molecule has 1 amide bonds. The summed E-state index contributed by atoms with van der Waals surface area (Å²) in [7, 11) is 0. The monoisotopic (exact) mass is 239 g/mol. The van der Waals surface area contributed by atoms with Crippen LogP contribution in [0.4, 0.5) is 0 Å². The van der Waals surface area contributed by atoms with E-state index >= 15 is 0 Å². The molecule has 4 nitrogen and oxygen atoms in total. The lowest BCUT2D eigenvalue weighted by atomic mass is 10.3. The lowest BCUT2D eigenvalue weighted by Gasteiger charge is -2.21. The van der Waals surface area contributed by atoms with Gasteiger partial charge in [0.05, 0.1) is 23.3 Å². The minimum absolute atomic E-state index is 0.0674. The molecule has 1 aromatic rings. The first-order chi connectivity index (χ1) is 7.66. The summed E-state index contributed by atoms with van der Waals surface area (Å²) < 4.78 is 0. The van der Waals surface area contributed by atoms with Crippen molar-refractivity contribution < 1.29 is 4.79 Å². The van der Waals surface area contributed by atoms with Crippen molar-refractivity contribution in [3.63, 3.8) is 0 Å². The molecule has 1 fully saturated rings. The number of thiazole rings is 1. The van der Waals surface area contributed by atoms with Crippen molar-refractivity contribution in [2.24, 2.45) is 0 Å². The summed E-state index contributed by atoms with van der Waals surface area (Å²) in [5.41, 5.74) is 1.00. The molecule has 88 valence electrons. The fourth-order valence-corrected chi connectivity index (χ4v) is 2.50. The Morgan fingerprint density at radius 1 is 1.69 bits per heavy atom. The number of amides is 1. The maximum absolute atomic E-state index is 12.0. The Bertz CT molecular complexity index is 377. The van der Waals surface area contributed by atoms with E-state index in [9.17, 15) is 4.79 Å². The molecule has 2 rings (SSSR count). The van der Waals surface area contributed by atoms with E-state index < -0.39 is 0 Å². The van der Waals surface area contributed by atoms with E-state index in [1.165, 1.54) is 0 Å². The number of nitrogens with one attached hydrogen (secondary N) is 1. The number of aryl methyl sites for hydroxylation is 1. The van der Waals surface area contributed by atoms with Crippen LogP contribution in [0.3, 0.4) is 0 Å². The summed E-state index contributed by atoms with van der Waals surface area (Å²) >= 11 is 1.64. The fraction of sp³-hybridized carbons (Fsp3) is 0.636. The van der Waals surface area contributed by atoms with E-state index in [4.69, 9.17) is 0 Å². The summed E-state index contributed by atoms with van der Waals surface area (Å²) in [6, 6.07) is -0.0674. The van der Waals surface area contributed by atoms with Crippen LogP contribution >= 0.6 is 11.3 Å². The number of hydrogen-bond acceptors (Lipinski definition) is 4. The molecule has 16 heavy (non-hydrogen) atoms. The normalized spacial score (nSPS) is 22.2. The minimum atomic E-state index is -0.0674. The molecule has 1 N–H and O–H groups in total. The molecular formula is C11H17N3OS. The fourth-order valence-electron chi connectivity index (χ4n) is 1.89. The highest BCUT2D eigenvalue weighted by molar-refractivity contribution is 7.09. The van der Waals surface area contributed by atoms with Gasteiger partial charge in [-0.1, -0.05) is 0 Å². The molecule has 1 aliphatic heterocycles. The van der Waals surface area contributed by atoms with Gasteiger partial charge in [-0.3, -0.25) is 4.79 Å². The third-order valence-corrected chi connectivity index (χ3v) is 3.58. The van der Waals surface area contributed by atoms with Gasteiger partial charge in [0.25, 0.3) is 0 Å². The van der Waals surface area contributed by atoms with Crippen LogP contribution in [-0.2, 0) is 11.3 Å². The molecule has 1 aliphatic rings. The Morgan fingerprint density at radius 2 is 2.50 bits per heavy atom. The number of aromatic nitrogens is 1. The minimum Gasteiger partial charge on any atom is -0.335 e. The summed E-state index contributed by atoms with van der Waals surface area (Å²) in [6.45, 7) is 6.30. The Morgan fingerprint density at radius 3 is 3.19 bits per heavy atom. The van der Waals surface area contributed by atoms with Crippen LogP contribution in [0.2, 0.25) is 0 Å². The van der Waals surface area contributed by atoms with Gasteiger partial charge < -0.3 is 10.2 Å². The van der Waals surface area contributed by atoms with E-state index in [1.54, 1.807) is 11.3 Å². The lowest BCUT2D eigenvalue weighted by Crippen LogP contribution is -2.41. The zero-order valence-corrected chi connectivity index (χ0v) is 10.5. The molecule has 2 heterocycles. The van der Waals surface area contributed by atoms with Gasteiger partial charge in [0, 0.05) is 11.9 Å². The van der Waals surface area contributed by atoms with Gasteiger partial charge in [0.1, 0.15) is 0 Å². The van der Waals surface area contributed by atoms with Gasteiger partial charge in [-0.2, -0.15) is 0 Å². The zero-order valence-electron chi connectivity index (χ0n) is 9.69. The number of carbonyl (C=O) groups excluding carboxylic acids is 1. The second-order valence-electron chi connectivity index (χ2n) is 4.15. The average molecular weight is 239 g/mol. The first-order valence-corrected chi connectivity index (χ1v) is 6.48. The standard InChI is InChI=1S/C11H17N3OS/c1-8-11(15)14(5-3-4-12-8)6-10-7-16-9(2)13-10/h7-8,12H,3-6H2,1-2H3. The van der Waals surface area contributed by atoms with Crippen LogP contribution in [0.25, 0.3) is 0 Å². The zero-order chi connectivity index (χ0) is 11.5. The van der Waals surface area contributed by atoms with Crippen LogP contribution in [0.1, 0.15) is 24.0 Å². The number of hydrogen-bond donors (Lipinski definition) is 1. The van der Waals surface area contributed by atoms with Crippen LogP contribution in [-0.4, -0.2) is 34.9 Å². The van der Waals surface area contributed by atoms with E-state index in [0.717, 1.165) is 30.2 Å². The number of rotatable bonds is 2. The second kappa shape index (κ2) is 4.93. The number of carbonyl (C=O) groups is 1. The molecule has 0 radical (unpaired) electrons. The summed E-state index contributed by atoms with van der Waals surface area (Å²) in [5.74, 6) is 0.183. The smallest absolute Gasteiger partial charge is 0.239 e. The molecule has 1 saturated heterocycles. The molecular weight excluding hydrogens is 222 g/mol. The molecule has 0 bridgehead atoms. The first kappa shape index (κ1) is 11.5. The van der Waals surface area contributed by atoms with Crippen LogP contribution in [0, 0.1) is 6.92 Å². The maximum Gasteiger partial charge on any atom is 0.239 e. The van der Waals surface area contributed by atoms with Gasteiger partial charge >= 0.3 is 0 Å². The SMILES string of the molecule is Cc1nc(CN2CCCNC(C)C2=O)cs1. The van der Waals surface area contributed by atoms with Crippen molar-refractivity contribution in [3.05, 3.63) is 16.1 Å². The van der Waals surface area contributed by atoms with Gasteiger partial charge in [0.2, 0.25) is 5.91 Å². The summed E-state index contributed by atoms with van der Waals surface area (Å²) in [6.07, 6.45) is 1.01. The highest BCUT2D eigenvalue weighted by atomic mass is 32.1. The third kappa shape index (κ3) is 2.59. The second-order valence-corrected chi connectivity index (χ2v) is 5.21.